The molecule has 0 spiro atoms. The Labute approximate surface area is 270 Å². The third-order valence-electron chi connectivity index (χ3n) is 8.25. The van der Waals surface area contributed by atoms with Crippen LogP contribution in [0.2, 0.25) is 0 Å². The van der Waals surface area contributed by atoms with Gasteiger partial charge in [-0.15, -0.1) is 0 Å². The number of hydrogen-bond acceptors (Lipinski definition) is 3. The first kappa shape index (κ1) is 28.8. The first-order valence-corrected chi connectivity index (χ1v) is 15.6. The van der Waals surface area contributed by atoms with Crippen LogP contribution in [-0.4, -0.2) is 15.0 Å². The molecule has 0 bridgehead atoms. The van der Waals surface area contributed by atoms with Crippen molar-refractivity contribution in [1.29, 1.82) is 0 Å². The van der Waals surface area contributed by atoms with Crippen molar-refractivity contribution < 1.29 is 0 Å². The summed E-state index contributed by atoms with van der Waals surface area (Å²) in [5.41, 5.74) is 9.70. The van der Waals surface area contributed by atoms with Crippen LogP contribution >= 0.6 is 0 Å². The van der Waals surface area contributed by atoms with E-state index in [0.717, 1.165) is 56.1 Å². The van der Waals surface area contributed by atoms with Gasteiger partial charge in [-0.25, -0.2) is 9.97 Å². The van der Waals surface area contributed by atoms with E-state index in [1.165, 1.54) is 11.1 Å². The maximum Gasteiger partial charge on any atom is 0.160 e. The number of pyridine rings is 1. The van der Waals surface area contributed by atoms with E-state index in [4.69, 9.17) is 9.97 Å². The normalized spacial score (nSPS) is 15.0. The summed E-state index contributed by atoms with van der Waals surface area (Å²) in [6.07, 6.45) is 17.4. The van der Waals surface area contributed by atoms with E-state index in [1.54, 1.807) is 6.20 Å². The Balaban J connectivity index is 1.31. The van der Waals surface area contributed by atoms with E-state index in [1.807, 2.05) is 36.5 Å². The molecule has 2 heterocycles. The Kier molecular flexibility index (Phi) is 8.38. The minimum atomic E-state index is 0.134. The molecule has 1 atom stereocenters. The second kappa shape index (κ2) is 13.4. The van der Waals surface area contributed by atoms with Gasteiger partial charge in [-0.2, -0.15) is 0 Å². The average molecular weight is 592 g/mol. The SMILES string of the molecule is C=C/C=c1/cccc/c1=C\c1cccc(-c2nc(-c3cccc(-c4ccccc4)c3)cc([C@@H]3C=CC(c4cccnc4)=CC3)n2)c1. The molecular formula is C43H33N3. The van der Waals surface area contributed by atoms with Crippen molar-refractivity contribution in [3.8, 4) is 33.8 Å². The molecular weight excluding hydrogens is 558 g/mol. The molecule has 220 valence electrons. The predicted molar refractivity (Wildman–Crippen MR) is 191 cm³/mol. The zero-order chi connectivity index (χ0) is 31.1. The molecule has 46 heavy (non-hydrogen) atoms. The Morgan fingerprint density at radius 1 is 0.652 bits per heavy atom. The van der Waals surface area contributed by atoms with E-state index in [9.17, 15) is 0 Å². The van der Waals surface area contributed by atoms with Crippen molar-refractivity contribution in [3.63, 3.8) is 0 Å². The zero-order valence-electron chi connectivity index (χ0n) is 25.5. The molecule has 3 nitrogen and oxygen atoms in total. The highest BCUT2D eigenvalue weighted by molar-refractivity contribution is 5.76. The number of hydrogen-bond donors (Lipinski definition) is 0. The molecule has 0 saturated heterocycles. The number of nitrogens with zero attached hydrogens (tertiary/aromatic N) is 3. The molecule has 0 N–H and O–H groups in total. The lowest BCUT2D eigenvalue weighted by atomic mass is 9.90. The van der Waals surface area contributed by atoms with Crippen molar-refractivity contribution in [1.82, 2.24) is 15.0 Å². The van der Waals surface area contributed by atoms with Crippen LogP contribution in [0.5, 0.6) is 0 Å². The van der Waals surface area contributed by atoms with Gasteiger partial charge in [0.15, 0.2) is 5.82 Å². The number of rotatable bonds is 7. The molecule has 0 saturated carbocycles. The Morgan fingerprint density at radius 3 is 2.22 bits per heavy atom. The van der Waals surface area contributed by atoms with Crippen LogP contribution in [0.25, 0.3) is 51.5 Å². The van der Waals surface area contributed by atoms with Gasteiger partial charge in [-0.1, -0.05) is 134 Å². The van der Waals surface area contributed by atoms with Crippen molar-refractivity contribution in [2.24, 2.45) is 0 Å². The van der Waals surface area contributed by atoms with Gasteiger partial charge in [-0.3, -0.25) is 4.98 Å². The van der Waals surface area contributed by atoms with Gasteiger partial charge >= 0.3 is 0 Å². The first-order chi connectivity index (χ1) is 22.7. The van der Waals surface area contributed by atoms with Gasteiger partial charge in [0.1, 0.15) is 0 Å². The highest BCUT2D eigenvalue weighted by Crippen LogP contribution is 2.33. The topological polar surface area (TPSA) is 38.7 Å². The van der Waals surface area contributed by atoms with Crippen LogP contribution < -0.4 is 10.4 Å². The Bertz CT molecular complexity index is 2200. The van der Waals surface area contributed by atoms with E-state index in [-0.39, 0.29) is 5.92 Å². The van der Waals surface area contributed by atoms with Crippen LogP contribution in [-0.2, 0) is 0 Å². The molecule has 6 aromatic rings. The molecule has 0 radical (unpaired) electrons. The van der Waals surface area contributed by atoms with Crippen LogP contribution in [0.1, 0.15) is 29.2 Å². The second-order valence-corrected chi connectivity index (χ2v) is 11.4. The quantitative estimate of drug-likeness (QED) is 0.186. The van der Waals surface area contributed by atoms with Gasteiger partial charge in [0, 0.05) is 29.4 Å². The van der Waals surface area contributed by atoms with Gasteiger partial charge in [0.25, 0.3) is 0 Å². The lowest BCUT2D eigenvalue weighted by Gasteiger charge is -2.18. The molecule has 1 aliphatic carbocycles. The van der Waals surface area contributed by atoms with Gasteiger partial charge < -0.3 is 0 Å². The summed E-state index contributed by atoms with van der Waals surface area (Å²) < 4.78 is 0. The largest absolute Gasteiger partial charge is 0.264 e. The van der Waals surface area contributed by atoms with Crippen molar-refractivity contribution in [2.45, 2.75) is 12.3 Å². The molecule has 1 aliphatic rings. The van der Waals surface area contributed by atoms with Crippen LogP contribution in [0.4, 0.5) is 0 Å². The fourth-order valence-corrected chi connectivity index (χ4v) is 5.88. The summed E-state index contributed by atoms with van der Waals surface area (Å²) >= 11 is 0. The number of benzene rings is 4. The summed E-state index contributed by atoms with van der Waals surface area (Å²) in [6.45, 7) is 3.88. The molecule has 2 aromatic heterocycles. The summed E-state index contributed by atoms with van der Waals surface area (Å²) in [4.78, 5) is 14.7. The molecule has 0 amide bonds. The van der Waals surface area contributed by atoms with E-state index in [2.05, 4.69) is 139 Å². The van der Waals surface area contributed by atoms with Crippen molar-refractivity contribution >= 4 is 17.7 Å². The molecule has 0 fully saturated rings. The minimum Gasteiger partial charge on any atom is -0.264 e. The van der Waals surface area contributed by atoms with Crippen LogP contribution in [0, 0.1) is 0 Å². The smallest absolute Gasteiger partial charge is 0.160 e. The molecule has 7 rings (SSSR count). The van der Waals surface area contributed by atoms with Crippen molar-refractivity contribution in [2.75, 3.05) is 0 Å². The highest BCUT2D eigenvalue weighted by Gasteiger charge is 2.18. The fraction of sp³-hybridized carbons (Fsp3) is 0.0465. The van der Waals surface area contributed by atoms with Gasteiger partial charge in [-0.05, 0) is 75.0 Å². The van der Waals surface area contributed by atoms with Crippen molar-refractivity contribution in [3.05, 3.63) is 192 Å². The molecule has 3 heteroatoms. The standard InChI is InChI=1S/C43H33N3/c1-2-11-32-15-6-7-16-36(32)26-31-12-8-19-39(27-31)43-45-41(35-23-21-34(22-24-35)40-20-10-25-44-30-40)29-42(46-43)38-18-9-17-37(28-38)33-13-4-3-5-14-33/h2-23,25-30,35H,1,24H2/b32-11-,36-26+/t35-/m1/s1. The zero-order valence-corrected chi connectivity index (χ0v) is 25.5. The average Bonchev–Trinajstić information content (AvgIpc) is 3.13. The summed E-state index contributed by atoms with van der Waals surface area (Å²) in [5.74, 6) is 0.850. The second-order valence-electron chi connectivity index (χ2n) is 11.4. The third-order valence-corrected chi connectivity index (χ3v) is 8.25. The monoisotopic (exact) mass is 591 g/mol. The van der Waals surface area contributed by atoms with E-state index >= 15 is 0 Å². The summed E-state index contributed by atoms with van der Waals surface area (Å²) in [6, 6.07) is 42.1. The first-order valence-electron chi connectivity index (χ1n) is 15.6. The predicted octanol–water partition coefficient (Wildman–Crippen LogP) is 8.80. The highest BCUT2D eigenvalue weighted by atomic mass is 14.9. The lowest BCUT2D eigenvalue weighted by Crippen LogP contribution is -2.23. The maximum absolute atomic E-state index is 5.19. The molecule has 0 unspecified atom stereocenters. The van der Waals surface area contributed by atoms with Crippen LogP contribution in [0.15, 0.2) is 165 Å². The molecule has 0 aliphatic heterocycles. The Hall–Kier alpha value is -5.93. The lowest BCUT2D eigenvalue weighted by molar-refractivity contribution is 0.813. The van der Waals surface area contributed by atoms with E-state index in [0.29, 0.717) is 5.82 Å². The maximum atomic E-state index is 5.19. The summed E-state index contributed by atoms with van der Waals surface area (Å²) in [5, 5.41) is 2.26. The number of allylic oxidation sites excluding steroid dienone is 5. The fourth-order valence-electron chi connectivity index (χ4n) is 5.88. The van der Waals surface area contributed by atoms with Gasteiger partial charge in [0.05, 0.1) is 11.4 Å². The summed E-state index contributed by atoms with van der Waals surface area (Å²) in [7, 11) is 0. The van der Waals surface area contributed by atoms with E-state index < -0.39 is 0 Å². The minimum absolute atomic E-state index is 0.134. The van der Waals surface area contributed by atoms with Gasteiger partial charge in [0.2, 0.25) is 0 Å². The Morgan fingerprint density at radius 2 is 1.41 bits per heavy atom. The van der Waals surface area contributed by atoms with Crippen LogP contribution in [0.3, 0.4) is 0 Å². The third kappa shape index (κ3) is 6.45. The number of aromatic nitrogens is 3. The molecule has 4 aromatic carbocycles.